The molecule has 0 aliphatic carbocycles. The average molecular weight is 348 g/mol. The van der Waals surface area contributed by atoms with Crippen molar-refractivity contribution < 1.29 is 28.6 Å². The fourth-order valence-electron chi connectivity index (χ4n) is 2.10. The Morgan fingerprint density at radius 2 is 1.84 bits per heavy atom. The van der Waals surface area contributed by atoms with Gasteiger partial charge in [0.05, 0.1) is 20.8 Å². The molecule has 0 aliphatic heterocycles. The fourth-order valence-corrected chi connectivity index (χ4v) is 2.10. The first-order valence-electron chi connectivity index (χ1n) is 7.50. The molecule has 0 spiro atoms. The zero-order valence-electron chi connectivity index (χ0n) is 14.2. The molecule has 0 aliphatic rings. The van der Waals surface area contributed by atoms with Crippen LogP contribution in [0.2, 0.25) is 0 Å². The summed E-state index contributed by atoms with van der Waals surface area (Å²) in [5, 5.41) is 14.7. The molecule has 0 radical (unpaired) electrons. The molecule has 1 atom stereocenters. The van der Waals surface area contributed by atoms with Crippen molar-refractivity contribution in [3.8, 4) is 11.5 Å². The Morgan fingerprint density at radius 3 is 2.44 bits per heavy atom. The lowest BCUT2D eigenvalue weighted by Crippen LogP contribution is -2.37. The Balaban J connectivity index is 1.91. The van der Waals surface area contributed by atoms with E-state index in [2.05, 4.69) is 10.6 Å². The van der Waals surface area contributed by atoms with Gasteiger partial charge in [0.1, 0.15) is 17.6 Å². The van der Waals surface area contributed by atoms with Crippen molar-refractivity contribution in [3.63, 3.8) is 0 Å². The van der Waals surface area contributed by atoms with Crippen LogP contribution in [0.3, 0.4) is 0 Å². The van der Waals surface area contributed by atoms with Crippen LogP contribution in [-0.2, 0) is 9.59 Å². The third-order valence-corrected chi connectivity index (χ3v) is 3.39. The summed E-state index contributed by atoms with van der Waals surface area (Å²) in [4.78, 5) is 23.8. The van der Waals surface area contributed by atoms with Crippen LogP contribution >= 0.6 is 0 Å². The van der Waals surface area contributed by atoms with Gasteiger partial charge in [0, 0.05) is 11.8 Å². The highest BCUT2D eigenvalue weighted by Crippen LogP contribution is 2.29. The zero-order valence-corrected chi connectivity index (χ0v) is 14.2. The van der Waals surface area contributed by atoms with Crippen LogP contribution in [0.4, 0.5) is 5.69 Å². The molecule has 2 rings (SSSR count). The van der Waals surface area contributed by atoms with Gasteiger partial charge in [0.15, 0.2) is 11.5 Å². The number of nitrogens with one attached hydrogen (secondary N) is 2. The first-order chi connectivity index (χ1) is 11.9. The number of aliphatic hydroxyl groups excluding tert-OH is 1. The van der Waals surface area contributed by atoms with E-state index in [1.807, 2.05) is 0 Å². The SMILES string of the molecule is COc1ccc(NC(=O)C(=O)NCC(O)c2ccc(C)o2)cc1OC. The van der Waals surface area contributed by atoms with Crippen LogP contribution in [0.1, 0.15) is 17.6 Å². The van der Waals surface area contributed by atoms with Crippen LogP contribution in [0, 0.1) is 6.92 Å². The van der Waals surface area contributed by atoms with E-state index in [4.69, 9.17) is 13.9 Å². The van der Waals surface area contributed by atoms with Crippen LogP contribution in [0.15, 0.2) is 34.7 Å². The van der Waals surface area contributed by atoms with Crippen molar-refractivity contribution in [1.29, 1.82) is 0 Å². The molecular formula is C17H20N2O6. The topological polar surface area (TPSA) is 110 Å². The van der Waals surface area contributed by atoms with Gasteiger partial charge in [-0.05, 0) is 31.2 Å². The third-order valence-electron chi connectivity index (χ3n) is 3.39. The monoisotopic (exact) mass is 348 g/mol. The van der Waals surface area contributed by atoms with Crippen LogP contribution in [0.5, 0.6) is 11.5 Å². The molecule has 0 saturated heterocycles. The van der Waals surface area contributed by atoms with E-state index < -0.39 is 17.9 Å². The number of carbonyl (C=O) groups excluding carboxylic acids is 2. The van der Waals surface area contributed by atoms with E-state index in [0.717, 1.165) is 0 Å². The predicted octanol–water partition coefficient (Wildman–Crippen LogP) is 1.39. The summed E-state index contributed by atoms with van der Waals surface area (Å²) >= 11 is 0. The summed E-state index contributed by atoms with van der Waals surface area (Å²) in [6, 6.07) is 8.02. The third kappa shape index (κ3) is 4.74. The first kappa shape index (κ1) is 18.3. The smallest absolute Gasteiger partial charge is 0.313 e. The molecule has 1 unspecified atom stereocenters. The van der Waals surface area contributed by atoms with Crippen LogP contribution in [-0.4, -0.2) is 37.7 Å². The quantitative estimate of drug-likeness (QED) is 0.681. The summed E-state index contributed by atoms with van der Waals surface area (Å²) < 4.78 is 15.5. The van der Waals surface area contributed by atoms with Gasteiger partial charge in [0.2, 0.25) is 0 Å². The maximum atomic E-state index is 11.9. The minimum atomic E-state index is -1.04. The minimum absolute atomic E-state index is 0.148. The standard InChI is InChI=1S/C17H20N2O6/c1-10-4-6-13(25-10)12(20)9-18-16(21)17(22)19-11-5-7-14(23-2)15(8-11)24-3/h4-8,12,20H,9H2,1-3H3,(H,18,21)(H,19,22). The van der Waals surface area contributed by atoms with Gasteiger partial charge in [-0.2, -0.15) is 0 Å². The fraction of sp³-hybridized carbons (Fsp3) is 0.294. The molecule has 0 fully saturated rings. The number of carbonyl (C=O) groups is 2. The van der Waals surface area contributed by atoms with Crippen molar-refractivity contribution in [2.24, 2.45) is 0 Å². The van der Waals surface area contributed by atoms with Gasteiger partial charge in [-0.15, -0.1) is 0 Å². The second-order valence-electron chi connectivity index (χ2n) is 5.20. The second kappa shape index (κ2) is 8.20. The minimum Gasteiger partial charge on any atom is -0.493 e. The molecule has 3 N–H and O–H groups in total. The van der Waals surface area contributed by atoms with E-state index in [9.17, 15) is 14.7 Å². The summed E-state index contributed by atoms with van der Waals surface area (Å²) in [7, 11) is 2.96. The number of anilines is 1. The van der Waals surface area contributed by atoms with Gasteiger partial charge >= 0.3 is 11.8 Å². The molecule has 0 bridgehead atoms. The number of ether oxygens (including phenoxy) is 2. The maximum Gasteiger partial charge on any atom is 0.313 e. The van der Waals surface area contributed by atoms with E-state index in [1.165, 1.54) is 20.3 Å². The molecule has 25 heavy (non-hydrogen) atoms. The lowest BCUT2D eigenvalue weighted by atomic mass is 10.2. The summed E-state index contributed by atoms with van der Waals surface area (Å²) in [5.74, 6) is 0.142. The predicted molar refractivity (Wildman–Crippen MR) is 89.6 cm³/mol. The molecule has 1 aromatic heterocycles. The van der Waals surface area contributed by atoms with Gasteiger partial charge in [-0.25, -0.2) is 0 Å². The largest absolute Gasteiger partial charge is 0.493 e. The number of amides is 2. The Morgan fingerprint density at radius 1 is 1.12 bits per heavy atom. The molecule has 1 heterocycles. The second-order valence-corrected chi connectivity index (χ2v) is 5.20. The molecule has 8 nitrogen and oxygen atoms in total. The lowest BCUT2D eigenvalue weighted by molar-refractivity contribution is -0.136. The van der Waals surface area contributed by atoms with Gasteiger partial charge in [-0.1, -0.05) is 0 Å². The summed E-state index contributed by atoms with van der Waals surface area (Å²) in [6.45, 7) is 1.59. The molecule has 134 valence electrons. The Bertz CT molecular complexity index is 755. The van der Waals surface area contributed by atoms with E-state index in [-0.39, 0.29) is 6.54 Å². The number of hydrogen-bond acceptors (Lipinski definition) is 6. The van der Waals surface area contributed by atoms with E-state index in [1.54, 1.807) is 31.2 Å². The number of rotatable bonds is 6. The first-order valence-corrected chi connectivity index (χ1v) is 7.50. The number of hydrogen-bond donors (Lipinski definition) is 3. The number of aliphatic hydroxyl groups is 1. The molecule has 2 aromatic rings. The van der Waals surface area contributed by atoms with Gasteiger partial charge in [0.25, 0.3) is 0 Å². The zero-order chi connectivity index (χ0) is 18.4. The van der Waals surface area contributed by atoms with E-state index in [0.29, 0.717) is 28.7 Å². The highest BCUT2D eigenvalue weighted by molar-refractivity contribution is 6.39. The summed E-state index contributed by atoms with van der Waals surface area (Å²) in [5.41, 5.74) is 0.375. The van der Waals surface area contributed by atoms with Crippen molar-refractivity contribution >= 4 is 17.5 Å². The number of furan rings is 1. The number of benzene rings is 1. The lowest BCUT2D eigenvalue weighted by Gasteiger charge is -2.11. The van der Waals surface area contributed by atoms with Crippen LogP contribution in [0.25, 0.3) is 0 Å². The summed E-state index contributed by atoms with van der Waals surface area (Å²) in [6.07, 6.45) is -1.04. The number of methoxy groups -OCH3 is 2. The molecule has 0 saturated carbocycles. The Kier molecular flexibility index (Phi) is 6.02. The van der Waals surface area contributed by atoms with Crippen molar-refractivity contribution in [3.05, 3.63) is 41.9 Å². The normalized spacial score (nSPS) is 11.5. The highest BCUT2D eigenvalue weighted by atomic mass is 16.5. The molecule has 2 amide bonds. The molecule has 8 heteroatoms. The number of aryl methyl sites for hydroxylation is 1. The maximum absolute atomic E-state index is 11.9. The Labute approximate surface area is 144 Å². The van der Waals surface area contributed by atoms with E-state index >= 15 is 0 Å². The van der Waals surface area contributed by atoms with Crippen molar-refractivity contribution in [1.82, 2.24) is 5.32 Å². The molecule has 1 aromatic carbocycles. The van der Waals surface area contributed by atoms with Crippen molar-refractivity contribution in [2.45, 2.75) is 13.0 Å². The average Bonchev–Trinajstić information content (AvgIpc) is 3.05. The van der Waals surface area contributed by atoms with Crippen molar-refractivity contribution in [2.75, 3.05) is 26.1 Å². The molecular weight excluding hydrogens is 328 g/mol. The van der Waals surface area contributed by atoms with Gasteiger partial charge < -0.3 is 29.6 Å². The Hall–Kier alpha value is -3.00. The van der Waals surface area contributed by atoms with Crippen LogP contribution < -0.4 is 20.1 Å². The highest BCUT2D eigenvalue weighted by Gasteiger charge is 2.18. The van der Waals surface area contributed by atoms with Gasteiger partial charge in [-0.3, -0.25) is 9.59 Å².